The van der Waals surface area contributed by atoms with Gasteiger partial charge in [0.1, 0.15) is 31.0 Å². The molecule has 0 bridgehead atoms. The molecule has 12 heteroatoms. The Morgan fingerprint density at radius 1 is 0.581 bits per heavy atom. The molecular formula is C31H30O12. The molecule has 0 unspecified atom stereocenters. The zero-order valence-electron chi connectivity index (χ0n) is 22.7. The molecule has 0 saturated carbocycles. The summed E-state index contributed by atoms with van der Waals surface area (Å²) in [6, 6.07) is 24.4. The Morgan fingerprint density at radius 3 is 1.56 bits per heavy atom. The Labute approximate surface area is 246 Å². The summed E-state index contributed by atoms with van der Waals surface area (Å²) >= 11 is 0. The van der Waals surface area contributed by atoms with Crippen LogP contribution in [0.15, 0.2) is 91.0 Å². The maximum Gasteiger partial charge on any atom is 0.338 e. The molecule has 2 aliphatic heterocycles. The summed E-state index contributed by atoms with van der Waals surface area (Å²) in [6.45, 7) is -0.811. The van der Waals surface area contributed by atoms with Crippen molar-refractivity contribution in [2.24, 2.45) is 0 Å². The Bertz CT molecular complexity index is 1370. The maximum atomic E-state index is 13.1. The molecule has 8 atom stereocenters. The largest absolute Gasteiger partial charge is 0.459 e. The minimum Gasteiger partial charge on any atom is -0.459 e. The van der Waals surface area contributed by atoms with Crippen LogP contribution in [0.5, 0.6) is 0 Å². The second-order valence-corrected chi connectivity index (χ2v) is 9.86. The Balaban J connectivity index is 1.39. The highest BCUT2D eigenvalue weighted by Crippen LogP contribution is 2.31. The molecule has 12 nitrogen and oxygen atoms in total. The number of ether oxygens (including phenoxy) is 6. The van der Waals surface area contributed by atoms with E-state index in [0.29, 0.717) is 0 Å². The van der Waals surface area contributed by atoms with Crippen molar-refractivity contribution in [1.29, 1.82) is 0 Å². The van der Waals surface area contributed by atoms with E-state index in [9.17, 15) is 29.7 Å². The van der Waals surface area contributed by atoms with Crippen LogP contribution in [0, 0.1) is 0 Å². The quantitative estimate of drug-likeness (QED) is 0.229. The lowest BCUT2D eigenvalue weighted by atomic mass is 10.1. The predicted octanol–water partition coefficient (Wildman–Crippen LogP) is 1.48. The fourth-order valence-electron chi connectivity index (χ4n) is 4.63. The number of aliphatic hydroxyl groups excluding tert-OH is 3. The van der Waals surface area contributed by atoms with Gasteiger partial charge in [-0.1, -0.05) is 54.6 Å². The van der Waals surface area contributed by atoms with Gasteiger partial charge in [-0.05, 0) is 36.4 Å². The number of hydrogen-bond acceptors (Lipinski definition) is 12. The molecule has 2 aliphatic rings. The third kappa shape index (κ3) is 7.25. The number of carbonyl (C=O) groups is 3. The van der Waals surface area contributed by atoms with E-state index in [2.05, 4.69) is 0 Å². The summed E-state index contributed by atoms with van der Waals surface area (Å²) in [5.41, 5.74) is 0.697. The number of benzene rings is 3. The first-order valence-corrected chi connectivity index (χ1v) is 13.5. The minimum absolute atomic E-state index is 0.203. The van der Waals surface area contributed by atoms with E-state index in [0.717, 1.165) is 0 Å². The van der Waals surface area contributed by atoms with Crippen LogP contribution in [0.2, 0.25) is 0 Å². The molecular weight excluding hydrogens is 564 g/mol. The van der Waals surface area contributed by atoms with Crippen LogP contribution in [-0.4, -0.2) is 95.6 Å². The zero-order chi connectivity index (χ0) is 30.3. The topological polar surface area (TPSA) is 167 Å². The molecule has 5 rings (SSSR count). The molecule has 0 radical (unpaired) electrons. The standard InChI is InChI=1S/C31H30O12/c32-23-21(40-30(37)24(23)33)16-39-31-26(43-29(36)20-14-8-3-9-15-20)25(42-28(35)19-12-6-2-7-13-19)22(41-31)17-38-27(34)18-10-4-1-5-11-18/h1-15,21-26,30-33,37H,16-17H2/t21-,22-,23-,24+,25-,26+,30+,31+/m0/s1. The first-order valence-electron chi connectivity index (χ1n) is 13.5. The SMILES string of the molecule is O=C(OC[C@@H]1O[C@@H](OC[C@@H]2O[C@@H](O)[C@H](O)[C@H]2O)[C@H](OC(=O)c2ccccc2)[C@H]1OC(=O)c1ccccc1)c1ccccc1. The Morgan fingerprint density at radius 2 is 1.07 bits per heavy atom. The van der Waals surface area contributed by atoms with Crippen molar-refractivity contribution in [1.82, 2.24) is 0 Å². The van der Waals surface area contributed by atoms with Crippen molar-refractivity contribution in [2.45, 2.75) is 49.2 Å². The third-order valence-corrected chi connectivity index (χ3v) is 6.92. The Kier molecular flexibility index (Phi) is 9.77. The van der Waals surface area contributed by atoms with E-state index >= 15 is 0 Å². The van der Waals surface area contributed by atoms with Crippen molar-refractivity contribution in [2.75, 3.05) is 13.2 Å². The first kappa shape index (κ1) is 30.3. The molecule has 43 heavy (non-hydrogen) atoms. The van der Waals surface area contributed by atoms with Gasteiger partial charge in [0.15, 0.2) is 24.8 Å². The lowest BCUT2D eigenvalue weighted by Crippen LogP contribution is -2.43. The van der Waals surface area contributed by atoms with Gasteiger partial charge < -0.3 is 43.7 Å². The molecule has 3 aromatic rings. The summed E-state index contributed by atoms with van der Waals surface area (Å²) in [5.74, 6) is -2.19. The monoisotopic (exact) mass is 594 g/mol. The minimum atomic E-state index is -1.63. The summed E-state index contributed by atoms with van der Waals surface area (Å²) in [7, 11) is 0. The molecule has 0 amide bonds. The van der Waals surface area contributed by atoms with E-state index in [1.165, 1.54) is 24.3 Å². The van der Waals surface area contributed by atoms with Crippen LogP contribution >= 0.6 is 0 Å². The van der Waals surface area contributed by atoms with E-state index in [1.54, 1.807) is 66.7 Å². The highest BCUT2D eigenvalue weighted by molar-refractivity contribution is 5.91. The number of hydrogen-bond donors (Lipinski definition) is 3. The van der Waals surface area contributed by atoms with Crippen LogP contribution in [0.4, 0.5) is 0 Å². The van der Waals surface area contributed by atoms with Gasteiger partial charge in [-0.15, -0.1) is 0 Å². The van der Waals surface area contributed by atoms with Gasteiger partial charge in [-0.25, -0.2) is 14.4 Å². The van der Waals surface area contributed by atoms with Gasteiger partial charge >= 0.3 is 17.9 Å². The van der Waals surface area contributed by atoms with E-state index in [1.807, 2.05) is 0 Å². The molecule has 0 aromatic heterocycles. The van der Waals surface area contributed by atoms with Crippen LogP contribution < -0.4 is 0 Å². The summed E-state index contributed by atoms with van der Waals surface area (Å²) in [6.07, 6.45) is -11.0. The normalized spacial score (nSPS) is 28.3. The molecule has 2 fully saturated rings. The summed E-state index contributed by atoms with van der Waals surface area (Å²) < 4.78 is 33.9. The third-order valence-electron chi connectivity index (χ3n) is 6.92. The van der Waals surface area contributed by atoms with Gasteiger partial charge in [0, 0.05) is 0 Å². The van der Waals surface area contributed by atoms with Crippen molar-refractivity contribution in [3.8, 4) is 0 Å². The molecule has 2 saturated heterocycles. The van der Waals surface area contributed by atoms with Crippen LogP contribution in [0.1, 0.15) is 31.1 Å². The van der Waals surface area contributed by atoms with E-state index in [4.69, 9.17) is 28.4 Å². The molecule has 3 N–H and O–H groups in total. The molecule has 0 aliphatic carbocycles. The predicted molar refractivity (Wildman–Crippen MR) is 146 cm³/mol. The van der Waals surface area contributed by atoms with E-state index < -0.39 is 80.3 Å². The van der Waals surface area contributed by atoms with Crippen molar-refractivity contribution in [3.63, 3.8) is 0 Å². The van der Waals surface area contributed by atoms with Crippen LogP contribution in [0.3, 0.4) is 0 Å². The fraction of sp³-hybridized carbons (Fsp3) is 0.323. The highest BCUT2D eigenvalue weighted by atomic mass is 16.7. The molecule has 226 valence electrons. The van der Waals surface area contributed by atoms with Crippen molar-refractivity contribution >= 4 is 17.9 Å². The number of aliphatic hydroxyl groups is 3. The lowest BCUT2D eigenvalue weighted by Gasteiger charge is -2.25. The fourth-order valence-corrected chi connectivity index (χ4v) is 4.63. The van der Waals surface area contributed by atoms with Crippen LogP contribution in [-0.2, 0) is 28.4 Å². The second kappa shape index (κ2) is 13.9. The van der Waals surface area contributed by atoms with Gasteiger partial charge in [-0.2, -0.15) is 0 Å². The molecule has 3 aromatic carbocycles. The van der Waals surface area contributed by atoms with Gasteiger partial charge in [0.25, 0.3) is 0 Å². The second-order valence-electron chi connectivity index (χ2n) is 9.86. The number of carbonyl (C=O) groups excluding carboxylic acids is 3. The number of esters is 3. The average Bonchev–Trinajstić information content (AvgIpc) is 3.49. The molecule has 2 heterocycles. The first-order chi connectivity index (χ1) is 20.8. The number of rotatable bonds is 10. The zero-order valence-corrected chi connectivity index (χ0v) is 22.7. The Hall–Kier alpha value is -4.17. The van der Waals surface area contributed by atoms with E-state index in [-0.39, 0.29) is 16.7 Å². The van der Waals surface area contributed by atoms with Gasteiger partial charge in [0.05, 0.1) is 23.3 Å². The maximum absolute atomic E-state index is 13.1. The lowest BCUT2D eigenvalue weighted by molar-refractivity contribution is -0.198. The molecule has 0 spiro atoms. The van der Waals surface area contributed by atoms with Gasteiger partial charge in [-0.3, -0.25) is 0 Å². The average molecular weight is 595 g/mol. The van der Waals surface area contributed by atoms with Crippen molar-refractivity contribution in [3.05, 3.63) is 108 Å². The summed E-state index contributed by atoms with van der Waals surface area (Å²) in [5, 5.41) is 29.8. The van der Waals surface area contributed by atoms with Crippen LogP contribution in [0.25, 0.3) is 0 Å². The summed E-state index contributed by atoms with van der Waals surface area (Å²) in [4.78, 5) is 38.9. The van der Waals surface area contributed by atoms with Gasteiger partial charge in [0.2, 0.25) is 0 Å². The highest BCUT2D eigenvalue weighted by Gasteiger charge is 2.52. The van der Waals surface area contributed by atoms with Crippen molar-refractivity contribution < 1.29 is 58.1 Å². The smallest absolute Gasteiger partial charge is 0.338 e.